The summed E-state index contributed by atoms with van der Waals surface area (Å²) in [5.41, 5.74) is 7.71. The third-order valence-corrected chi connectivity index (χ3v) is 4.62. The lowest BCUT2D eigenvalue weighted by Gasteiger charge is -2.13. The lowest BCUT2D eigenvalue weighted by Crippen LogP contribution is -2.01. The Hall–Kier alpha value is -3.12. The highest BCUT2D eigenvalue weighted by Gasteiger charge is 2.12. The van der Waals surface area contributed by atoms with E-state index < -0.39 is 0 Å². The van der Waals surface area contributed by atoms with E-state index in [1.54, 1.807) is 12.1 Å². The molecule has 0 fully saturated rings. The van der Waals surface area contributed by atoms with Gasteiger partial charge in [0.05, 0.1) is 11.6 Å². The zero-order valence-corrected chi connectivity index (χ0v) is 15.5. The predicted octanol–water partition coefficient (Wildman–Crippen LogP) is 5.91. The van der Waals surface area contributed by atoms with E-state index in [1.165, 1.54) is 23.3 Å². The van der Waals surface area contributed by atoms with Gasteiger partial charge in [-0.3, -0.25) is 0 Å². The van der Waals surface area contributed by atoms with Gasteiger partial charge in [-0.15, -0.1) is 0 Å². The van der Waals surface area contributed by atoms with Crippen molar-refractivity contribution in [2.24, 2.45) is 0 Å². The Labute approximate surface area is 153 Å². The monoisotopic (exact) mass is 344 g/mol. The molecule has 3 aromatic rings. The summed E-state index contributed by atoms with van der Waals surface area (Å²) in [6.07, 6.45) is 1.83. The number of aryl methyl sites for hydroxylation is 3. The van der Waals surface area contributed by atoms with Crippen LogP contribution in [0, 0.1) is 44.8 Å². The average molecular weight is 344 g/mol. The van der Waals surface area contributed by atoms with Crippen LogP contribution >= 0.6 is 0 Å². The van der Waals surface area contributed by atoms with E-state index in [0.29, 0.717) is 11.1 Å². The highest BCUT2D eigenvalue weighted by molar-refractivity contribution is 5.90. The Kier molecular flexibility index (Phi) is 4.77. The topological polar surface area (TPSA) is 28.7 Å². The summed E-state index contributed by atoms with van der Waals surface area (Å²) in [6, 6.07) is 16.8. The molecule has 0 bridgehead atoms. The van der Waals surface area contributed by atoms with Crippen LogP contribution in [0.5, 0.6) is 0 Å². The summed E-state index contributed by atoms with van der Waals surface area (Å²) in [5.74, 6) is -0.343. The molecule has 0 aliphatic rings. The van der Waals surface area contributed by atoms with Gasteiger partial charge in [0.15, 0.2) is 0 Å². The summed E-state index contributed by atoms with van der Waals surface area (Å²) < 4.78 is 15.7. The standard InChI is InChI=1S/C23H21FN2/c1-15-8-9-23(16(2)10-15)26-17(3)11-20(18(26)4)12-21(14-25)19-6-5-7-22(24)13-19/h5-13H,1-4H3/b21-12-. The van der Waals surface area contributed by atoms with Gasteiger partial charge in [-0.1, -0.05) is 29.8 Å². The van der Waals surface area contributed by atoms with E-state index in [-0.39, 0.29) is 5.82 Å². The molecule has 0 spiro atoms. The SMILES string of the molecule is Cc1ccc(-n2c(C)cc(/C=C(/C#N)c3cccc(F)c3)c2C)c(C)c1. The molecular formula is C23H21FN2. The Balaban J connectivity index is 2.12. The second kappa shape index (κ2) is 7.01. The third kappa shape index (κ3) is 3.32. The van der Waals surface area contributed by atoms with Gasteiger partial charge >= 0.3 is 0 Å². The fourth-order valence-electron chi connectivity index (χ4n) is 3.35. The minimum atomic E-state index is -0.343. The third-order valence-electron chi connectivity index (χ3n) is 4.62. The minimum absolute atomic E-state index is 0.343. The molecule has 1 aromatic heterocycles. The zero-order chi connectivity index (χ0) is 18.8. The molecule has 0 aliphatic heterocycles. The number of hydrogen-bond donors (Lipinski definition) is 0. The zero-order valence-electron chi connectivity index (χ0n) is 15.5. The fraction of sp³-hybridized carbons (Fsp3) is 0.174. The lowest BCUT2D eigenvalue weighted by atomic mass is 10.0. The summed E-state index contributed by atoms with van der Waals surface area (Å²) >= 11 is 0. The van der Waals surface area contributed by atoms with Crippen LogP contribution < -0.4 is 0 Å². The number of hydrogen-bond acceptors (Lipinski definition) is 1. The molecule has 0 saturated carbocycles. The first kappa shape index (κ1) is 17.7. The molecule has 0 aliphatic carbocycles. The first-order valence-corrected chi connectivity index (χ1v) is 8.55. The lowest BCUT2D eigenvalue weighted by molar-refractivity contribution is 0.627. The Bertz CT molecular complexity index is 1050. The van der Waals surface area contributed by atoms with E-state index in [4.69, 9.17) is 0 Å². The molecule has 0 unspecified atom stereocenters. The maximum absolute atomic E-state index is 13.5. The van der Waals surface area contributed by atoms with Crippen molar-refractivity contribution >= 4 is 11.6 Å². The van der Waals surface area contributed by atoms with E-state index in [1.807, 2.05) is 13.0 Å². The highest BCUT2D eigenvalue weighted by Crippen LogP contribution is 2.27. The van der Waals surface area contributed by atoms with Crippen molar-refractivity contribution in [3.05, 3.63) is 88.0 Å². The van der Waals surface area contributed by atoms with Gasteiger partial charge in [-0.25, -0.2) is 4.39 Å². The summed E-state index contributed by atoms with van der Waals surface area (Å²) in [4.78, 5) is 0. The van der Waals surface area contributed by atoms with Crippen molar-refractivity contribution in [2.45, 2.75) is 27.7 Å². The van der Waals surface area contributed by atoms with Crippen LogP contribution in [0.1, 0.15) is 33.6 Å². The number of benzene rings is 2. The maximum Gasteiger partial charge on any atom is 0.123 e. The largest absolute Gasteiger partial charge is 0.318 e. The first-order valence-electron chi connectivity index (χ1n) is 8.55. The number of nitriles is 1. The molecule has 0 saturated heterocycles. The normalized spacial score (nSPS) is 11.5. The molecule has 0 amide bonds. The van der Waals surface area contributed by atoms with Crippen molar-refractivity contribution in [1.29, 1.82) is 5.26 Å². The molecule has 2 nitrogen and oxygen atoms in total. The molecule has 130 valence electrons. The summed E-state index contributed by atoms with van der Waals surface area (Å²) in [6.45, 7) is 8.28. The van der Waals surface area contributed by atoms with Gasteiger partial charge < -0.3 is 4.57 Å². The van der Waals surface area contributed by atoms with E-state index in [9.17, 15) is 9.65 Å². The van der Waals surface area contributed by atoms with Crippen LogP contribution in [0.2, 0.25) is 0 Å². The number of nitrogens with zero attached hydrogens (tertiary/aromatic N) is 2. The molecule has 0 atom stereocenters. The van der Waals surface area contributed by atoms with Crippen LogP contribution in [0.15, 0.2) is 48.5 Å². The van der Waals surface area contributed by atoms with Gasteiger partial charge in [0.2, 0.25) is 0 Å². The van der Waals surface area contributed by atoms with Gasteiger partial charge in [-0.05, 0) is 74.7 Å². The summed E-state index contributed by atoms with van der Waals surface area (Å²) in [5, 5.41) is 9.54. The van der Waals surface area contributed by atoms with Crippen LogP contribution in [0.3, 0.4) is 0 Å². The van der Waals surface area contributed by atoms with Crippen molar-refractivity contribution in [2.75, 3.05) is 0 Å². The van der Waals surface area contributed by atoms with Gasteiger partial charge in [0, 0.05) is 17.1 Å². The van der Waals surface area contributed by atoms with E-state index in [2.05, 4.69) is 55.7 Å². The smallest absolute Gasteiger partial charge is 0.123 e. The number of halogens is 1. The maximum atomic E-state index is 13.5. The molecule has 0 N–H and O–H groups in total. The van der Waals surface area contributed by atoms with Crippen molar-refractivity contribution in [3.63, 3.8) is 0 Å². The quantitative estimate of drug-likeness (QED) is 0.543. The molecule has 26 heavy (non-hydrogen) atoms. The molecular weight excluding hydrogens is 323 g/mol. The van der Waals surface area contributed by atoms with Gasteiger partial charge in [0.1, 0.15) is 5.82 Å². The van der Waals surface area contributed by atoms with Crippen LogP contribution in [-0.2, 0) is 0 Å². The minimum Gasteiger partial charge on any atom is -0.318 e. The second-order valence-electron chi connectivity index (χ2n) is 6.63. The van der Waals surface area contributed by atoms with Crippen LogP contribution in [0.4, 0.5) is 4.39 Å². The number of allylic oxidation sites excluding steroid dienone is 1. The van der Waals surface area contributed by atoms with Crippen molar-refractivity contribution in [1.82, 2.24) is 4.57 Å². The highest BCUT2D eigenvalue weighted by atomic mass is 19.1. The summed E-state index contributed by atoms with van der Waals surface area (Å²) in [7, 11) is 0. The molecule has 3 heteroatoms. The van der Waals surface area contributed by atoms with Gasteiger partial charge in [0.25, 0.3) is 0 Å². The van der Waals surface area contributed by atoms with E-state index >= 15 is 0 Å². The van der Waals surface area contributed by atoms with Crippen molar-refractivity contribution < 1.29 is 4.39 Å². The predicted molar refractivity (Wildman–Crippen MR) is 105 cm³/mol. The fourth-order valence-corrected chi connectivity index (χ4v) is 3.35. The molecule has 1 heterocycles. The number of aromatic nitrogens is 1. The van der Waals surface area contributed by atoms with E-state index in [0.717, 1.165) is 22.6 Å². The first-order chi connectivity index (χ1) is 12.4. The molecule has 2 aromatic carbocycles. The Morgan fingerprint density at radius 1 is 1.04 bits per heavy atom. The van der Waals surface area contributed by atoms with Gasteiger partial charge in [-0.2, -0.15) is 5.26 Å². The number of rotatable bonds is 3. The molecule has 3 rings (SSSR count). The van der Waals surface area contributed by atoms with Crippen LogP contribution in [0.25, 0.3) is 17.3 Å². The second-order valence-corrected chi connectivity index (χ2v) is 6.63. The Morgan fingerprint density at radius 3 is 2.46 bits per heavy atom. The van der Waals surface area contributed by atoms with Crippen molar-refractivity contribution in [3.8, 4) is 11.8 Å². The average Bonchev–Trinajstić information content (AvgIpc) is 2.87. The molecule has 0 radical (unpaired) electrons. The van der Waals surface area contributed by atoms with Crippen LogP contribution in [-0.4, -0.2) is 4.57 Å². The Morgan fingerprint density at radius 2 is 1.81 bits per heavy atom.